The van der Waals surface area contributed by atoms with Gasteiger partial charge in [-0.3, -0.25) is 0 Å². The minimum absolute atomic E-state index is 0.762. The lowest BCUT2D eigenvalue weighted by molar-refractivity contribution is 1.19. The van der Waals surface area contributed by atoms with Crippen LogP contribution in [-0.2, 0) is 6.42 Å². The average molecular weight is 237 g/mol. The molecule has 0 unspecified atom stereocenters. The van der Waals surface area contributed by atoms with E-state index >= 15 is 0 Å². The van der Waals surface area contributed by atoms with Crippen molar-refractivity contribution in [2.24, 2.45) is 0 Å². The molecular weight excluding hydrogens is 227 g/mol. The normalized spacial score (nSPS) is 10.3. The van der Waals surface area contributed by atoms with Crippen molar-refractivity contribution < 1.29 is 0 Å². The summed E-state index contributed by atoms with van der Waals surface area (Å²) in [6.45, 7) is 0. The van der Waals surface area contributed by atoms with Gasteiger partial charge in [0, 0.05) is 10.0 Å². The monoisotopic (exact) mass is 236 g/mol. The first-order valence-electron chi connectivity index (χ1n) is 4.73. The highest BCUT2D eigenvalue weighted by Gasteiger charge is 2.00. The fourth-order valence-corrected chi connectivity index (χ4v) is 1.79. The molecule has 0 spiro atoms. The lowest BCUT2D eigenvalue weighted by Gasteiger charge is -2.04. The fourth-order valence-electron chi connectivity index (χ4n) is 1.46. The van der Waals surface area contributed by atoms with Crippen molar-refractivity contribution in [3.63, 3.8) is 0 Å². The first-order valence-corrected chi connectivity index (χ1v) is 5.49. The van der Waals surface area contributed by atoms with Crippen LogP contribution in [0.4, 0.5) is 0 Å². The average Bonchev–Trinajstić information content (AvgIpc) is 2.25. The van der Waals surface area contributed by atoms with Gasteiger partial charge in [-0.25, -0.2) is 0 Å². The Balaban J connectivity index is 2.22. The summed E-state index contributed by atoms with van der Waals surface area (Å²) in [6, 6.07) is 15.7. The lowest BCUT2D eigenvalue weighted by Crippen LogP contribution is -1.88. The molecule has 2 aromatic rings. The third-order valence-electron chi connectivity index (χ3n) is 2.27. The van der Waals surface area contributed by atoms with E-state index in [9.17, 15) is 0 Å². The molecule has 0 aliphatic carbocycles. The maximum atomic E-state index is 6.08. The minimum atomic E-state index is 0.762. The van der Waals surface area contributed by atoms with Gasteiger partial charge in [0.1, 0.15) is 0 Å². The Morgan fingerprint density at radius 2 is 1.47 bits per heavy atom. The van der Waals surface area contributed by atoms with Crippen LogP contribution in [0.1, 0.15) is 11.1 Å². The van der Waals surface area contributed by atoms with Gasteiger partial charge >= 0.3 is 0 Å². The van der Waals surface area contributed by atoms with Gasteiger partial charge in [0.15, 0.2) is 0 Å². The van der Waals surface area contributed by atoms with Crippen LogP contribution in [0, 0.1) is 0 Å². The van der Waals surface area contributed by atoms with E-state index in [4.69, 9.17) is 23.2 Å². The van der Waals surface area contributed by atoms with E-state index in [1.807, 2.05) is 48.5 Å². The van der Waals surface area contributed by atoms with Gasteiger partial charge in [0.25, 0.3) is 0 Å². The summed E-state index contributed by atoms with van der Waals surface area (Å²) in [4.78, 5) is 0. The summed E-state index contributed by atoms with van der Waals surface area (Å²) in [5.74, 6) is 0. The smallest absolute Gasteiger partial charge is 0.0441 e. The third kappa shape index (κ3) is 2.74. The first kappa shape index (κ1) is 10.5. The van der Waals surface area contributed by atoms with Gasteiger partial charge < -0.3 is 0 Å². The number of rotatable bonds is 2. The molecule has 0 aliphatic heterocycles. The molecule has 0 radical (unpaired) electrons. The van der Waals surface area contributed by atoms with Gasteiger partial charge in [-0.2, -0.15) is 0 Å². The largest absolute Gasteiger partial charge is 0.0843 e. The van der Waals surface area contributed by atoms with E-state index < -0.39 is 0 Å². The van der Waals surface area contributed by atoms with Crippen LogP contribution < -0.4 is 0 Å². The van der Waals surface area contributed by atoms with Crippen LogP contribution in [0.25, 0.3) is 0 Å². The zero-order chi connectivity index (χ0) is 10.7. The summed E-state index contributed by atoms with van der Waals surface area (Å²) in [5, 5.41) is 1.57. The molecule has 0 aliphatic rings. The maximum absolute atomic E-state index is 6.08. The van der Waals surface area contributed by atoms with Crippen molar-refractivity contribution in [2.45, 2.75) is 6.42 Å². The molecule has 0 amide bonds. The number of hydrogen-bond donors (Lipinski definition) is 0. The van der Waals surface area contributed by atoms with Gasteiger partial charge in [0.05, 0.1) is 0 Å². The summed E-state index contributed by atoms with van der Waals surface area (Å²) in [5.41, 5.74) is 2.36. The molecule has 15 heavy (non-hydrogen) atoms. The summed E-state index contributed by atoms with van der Waals surface area (Å²) in [6.07, 6.45) is 0.844. The zero-order valence-corrected chi connectivity index (χ0v) is 9.59. The molecule has 2 aromatic carbocycles. The highest BCUT2D eigenvalue weighted by molar-refractivity contribution is 6.31. The first-order chi connectivity index (χ1) is 7.25. The molecule has 0 aromatic heterocycles. The van der Waals surface area contributed by atoms with E-state index in [0.29, 0.717) is 0 Å². The number of hydrogen-bond acceptors (Lipinski definition) is 0. The van der Waals surface area contributed by atoms with E-state index in [-0.39, 0.29) is 0 Å². The maximum Gasteiger partial charge on any atom is 0.0441 e. The second-order valence-corrected chi connectivity index (χ2v) is 4.24. The topological polar surface area (TPSA) is 0 Å². The van der Waals surface area contributed by atoms with Gasteiger partial charge in [-0.05, 0) is 35.7 Å². The van der Waals surface area contributed by atoms with Crippen molar-refractivity contribution in [2.75, 3.05) is 0 Å². The van der Waals surface area contributed by atoms with E-state index in [1.54, 1.807) is 0 Å². The fraction of sp³-hybridized carbons (Fsp3) is 0.0769. The van der Waals surface area contributed by atoms with Crippen LogP contribution in [0.2, 0.25) is 10.0 Å². The summed E-state index contributed by atoms with van der Waals surface area (Å²) < 4.78 is 0. The Kier molecular flexibility index (Phi) is 3.30. The second-order valence-electron chi connectivity index (χ2n) is 3.39. The Hall–Kier alpha value is -0.980. The Morgan fingerprint density at radius 1 is 0.800 bits per heavy atom. The minimum Gasteiger partial charge on any atom is -0.0843 e. The van der Waals surface area contributed by atoms with Gasteiger partial charge in [-0.1, -0.05) is 53.5 Å². The number of halogens is 2. The molecule has 76 valence electrons. The molecule has 2 heteroatoms. The van der Waals surface area contributed by atoms with Crippen molar-refractivity contribution >= 4 is 23.2 Å². The molecule has 0 heterocycles. The van der Waals surface area contributed by atoms with Gasteiger partial charge in [0.2, 0.25) is 0 Å². The lowest BCUT2D eigenvalue weighted by atomic mass is 10.1. The van der Waals surface area contributed by atoms with Gasteiger partial charge in [-0.15, -0.1) is 0 Å². The SMILES string of the molecule is Clc1ccc(Cc2ccccc2Cl)cc1. The quantitative estimate of drug-likeness (QED) is 0.716. The highest BCUT2D eigenvalue weighted by Crippen LogP contribution is 2.19. The third-order valence-corrected chi connectivity index (χ3v) is 2.89. The Morgan fingerprint density at radius 3 is 2.13 bits per heavy atom. The summed E-state index contributed by atoms with van der Waals surface area (Å²) in [7, 11) is 0. The molecule has 0 N–H and O–H groups in total. The van der Waals surface area contributed by atoms with Crippen molar-refractivity contribution in [1.29, 1.82) is 0 Å². The highest BCUT2D eigenvalue weighted by atomic mass is 35.5. The Labute approximate surface area is 99.5 Å². The van der Waals surface area contributed by atoms with E-state index in [2.05, 4.69) is 0 Å². The van der Waals surface area contributed by atoms with Crippen LogP contribution in [0.3, 0.4) is 0 Å². The van der Waals surface area contributed by atoms with Crippen LogP contribution in [0.5, 0.6) is 0 Å². The van der Waals surface area contributed by atoms with E-state index in [1.165, 1.54) is 5.56 Å². The molecule has 0 fully saturated rings. The van der Waals surface area contributed by atoms with Crippen molar-refractivity contribution in [1.82, 2.24) is 0 Å². The predicted octanol–water partition coefficient (Wildman–Crippen LogP) is 4.58. The molecule has 0 nitrogen and oxygen atoms in total. The molecule has 0 saturated heterocycles. The predicted molar refractivity (Wildman–Crippen MR) is 65.7 cm³/mol. The summed E-state index contributed by atoms with van der Waals surface area (Å²) >= 11 is 11.9. The zero-order valence-electron chi connectivity index (χ0n) is 8.08. The number of benzene rings is 2. The van der Waals surface area contributed by atoms with Crippen LogP contribution in [-0.4, -0.2) is 0 Å². The second kappa shape index (κ2) is 4.69. The van der Waals surface area contributed by atoms with Crippen LogP contribution >= 0.6 is 23.2 Å². The standard InChI is InChI=1S/C13H10Cl2/c14-12-7-5-10(6-8-12)9-11-3-1-2-4-13(11)15/h1-8H,9H2. The molecule has 0 saturated carbocycles. The molecule has 2 rings (SSSR count). The van der Waals surface area contributed by atoms with Crippen molar-refractivity contribution in [3.05, 3.63) is 69.7 Å². The Bertz CT molecular complexity index is 446. The molecular formula is C13H10Cl2. The van der Waals surface area contributed by atoms with E-state index in [0.717, 1.165) is 22.0 Å². The van der Waals surface area contributed by atoms with Crippen molar-refractivity contribution in [3.8, 4) is 0 Å². The molecule has 0 atom stereocenters. The molecule has 0 bridgehead atoms. The van der Waals surface area contributed by atoms with Crippen LogP contribution in [0.15, 0.2) is 48.5 Å².